The van der Waals surface area contributed by atoms with Crippen molar-refractivity contribution in [3.8, 4) is 0 Å². The molecule has 0 aliphatic heterocycles. The van der Waals surface area contributed by atoms with Crippen molar-refractivity contribution < 1.29 is 4.74 Å². The predicted octanol–water partition coefficient (Wildman–Crippen LogP) is 2.07. The van der Waals surface area contributed by atoms with Gasteiger partial charge in [0.15, 0.2) is 0 Å². The highest BCUT2D eigenvalue weighted by Gasteiger charge is 2.01. The van der Waals surface area contributed by atoms with E-state index in [9.17, 15) is 0 Å². The van der Waals surface area contributed by atoms with Crippen molar-refractivity contribution in [2.45, 2.75) is 20.8 Å². The molecule has 78 valence electrons. The van der Waals surface area contributed by atoms with Crippen LogP contribution >= 0.6 is 0 Å². The monoisotopic (exact) mass is 185 g/mol. The van der Waals surface area contributed by atoms with Crippen molar-refractivity contribution in [3.63, 3.8) is 0 Å². The highest BCUT2D eigenvalue weighted by atomic mass is 16.5. The van der Waals surface area contributed by atoms with Crippen LogP contribution in [0.2, 0.25) is 0 Å². The summed E-state index contributed by atoms with van der Waals surface area (Å²) in [5.41, 5.74) is 0. The molecule has 0 fully saturated rings. The lowest BCUT2D eigenvalue weighted by Crippen LogP contribution is -2.27. The third kappa shape index (κ3) is 9.57. The molecule has 13 heavy (non-hydrogen) atoms. The zero-order chi connectivity index (χ0) is 10.1. The van der Waals surface area contributed by atoms with Crippen molar-refractivity contribution in [1.29, 1.82) is 0 Å². The molecular formula is C11H23NO. The fourth-order valence-electron chi connectivity index (χ4n) is 1.03. The molecule has 0 radical (unpaired) electrons. The first-order valence-electron chi connectivity index (χ1n) is 5.06. The van der Waals surface area contributed by atoms with Crippen molar-refractivity contribution >= 4 is 0 Å². The number of rotatable bonds is 8. The minimum atomic E-state index is 0.582. The summed E-state index contributed by atoms with van der Waals surface area (Å²) in [6.07, 6.45) is 1.79. The Bertz CT molecular complexity index is 123. The Labute approximate surface area is 82.4 Å². The molecule has 0 aliphatic carbocycles. The van der Waals surface area contributed by atoms with Crippen LogP contribution in [0.1, 0.15) is 20.8 Å². The van der Waals surface area contributed by atoms with Gasteiger partial charge in [-0.2, -0.15) is 0 Å². The van der Waals surface area contributed by atoms with Gasteiger partial charge in [0, 0.05) is 0 Å². The molecule has 0 spiro atoms. The molecule has 2 heteroatoms. The summed E-state index contributed by atoms with van der Waals surface area (Å²) in [5.74, 6) is 1.31. The number of ether oxygens (including phenoxy) is 1. The number of hydrogen-bond acceptors (Lipinski definition) is 2. The largest absolute Gasteiger partial charge is 0.377 e. The molecule has 0 aromatic rings. The van der Waals surface area contributed by atoms with E-state index in [1.165, 1.54) is 0 Å². The van der Waals surface area contributed by atoms with Gasteiger partial charge in [0.1, 0.15) is 0 Å². The molecule has 0 saturated heterocycles. The van der Waals surface area contributed by atoms with Crippen LogP contribution in [0.4, 0.5) is 0 Å². The Morgan fingerprint density at radius 3 is 2.54 bits per heavy atom. The van der Waals surface area contributed by atoms with Crippen molar-refractivity contribution in [2.75, 3.05) is 26.3 Å². The fourth-order valence-corrected chi connectivity index (χ4v) is 1.03. The van der Waals surface area contributed by atoms with Crippen LogP contribution in [0.5, 0.6) is 0 Å². The van der Waals surface area contributed by atoms with Gasteiger partial charge < -0.3 is 10.1 Å². The summed E-state index contributed by atoms with van der Waals surface area (Å²) in [6.45, 7) is 13.8. The van der Waals surface area contributed by atoms with Crippen LogP contribution in [0.25, 0.3) is 0 Å². The maximum absolute atomic E-state index is 5.34. The highest BCUT2D eigenvalue weighted by Crippen LogP contribution is 1.95. The first kappa shape index (κ1) is 12.7. The smallest absolute Gasteiger partial charge is 0.0644 e. The lowest BCUT2D eigenvalue weighted by molar-refractivity contribution is 0.128. The summed E-state index contributed by atoms with van der Waals surface area (Å²) in [6, 6.07) is 0. The van der Waals surface area contributed by atoms with E-state index in [4.69, 9.17) is 4.74 Å². The van der Waals surface area contributed by atoms with Gasteiger partial charge in [-0.05, 0) is 24.9 Å². The SMILES string of the molecule is C=CCOCC(C)CNCC(C)C. The second-order valence-electron chi connectivity index (χ2n) is 3.98. The second kappa shape index (κ2) is 8.27. The van der Waals surface area contributed by atoms with Crippen LogP contribution in [0.3, 0.4) is 0 Å². The van der Waals surface area contributed by atoms with Crippen molar-refractivity contribution in [3.05, 3.63) is 12.7 Å². The lowest BCUT2D eigenvalue weighted by atomic mass is 10.2. The standard InChI is InChI=1S/C11H23NO/c1-5-6-13-9-11(4)8-12-7-10(2)3/h5,10-12H,1,6-9H2,2-4H3. The zero-order valence-electron chi connectivity index (χ0n) is 9.18. The average molecular weight is 185 g/mol. The summed E-state index contributed by atoms with van der Waals surface area (Å²) in [4.78, 5) is 0. The van der Waals surface area contributed by atoms with E-state index in [2.05, 4.69) is 32.7 Å². The molecule has 0 saturated carbocycles. The van der Waals surface area contributed by atoms with Crippen molar-refractivity contribution in [2.24, 2.45) is 11.8 Å². The Morgan fingerprint density at radius 2 is 2.00 bits per heavy atom. The van der Waals surface area contributed by atoms with Gasteiger partial charge in [-0.15, -0.1) is 6.58 Å². The maximum atomic E-state index is 5.34. The minimum Gasteiger partial charge on any atom is -0.377 e. The summed E-state index contributed by atoms with van der Waals surface area (Å²) in [7, 11) is 0. The molecular weight excluding hydrogens is 162 g/mol. The Balaban J connectivity index is 3.19. The molecule has 0 aromatic carbocycles. The Hall–Kier alpha value is -0.340. The van der Waals surface area contributed by atoms with Gasteiger partial charge in [-0.25, -0.2) is 0 Å². The van der Waals surface area contributed by atoms with E-state index in [1.54, 1.807) is 6.08 Å². The zero-order valence-corrected chi connectivity index (χ0v) is 9.18. The van der Waals surface area contributed by atoms with Crippen LogP contribution in [0.15, 0.2) is 12.7 Å². The third-order valence-electron chi connectivity index (χ3n) is 1.68. The van der Waals surface area contributed by atoms with Gasteiger partial charge in [-0.3, -0.25) is 0 Å². The van der Waals surface area contributed by atoms with Crippen LogP contribution in [-0.2, 0) is 4.74 Å². The number of hydrogen-bond donors (Lipinski definition) is 1. The van der Waals surface area contributed by atoms with Gasteiger partial charge in [-0.1, -0.05) is 26.8 Å². The van der Waals surface area contributed by atoms with Gasteiger partial charge >= 0.3 is 0 Å². The molecule has 1 unspecified atom stereocenters. The van der Waals surface area contributed by atoms with Crippen LogP contribution in [0, 0.1) is 11.8 Å². The van der Waals surface area contributed by atoms with E-state index in [0.717, 1.165) is 25.6 Å². The first-order valence-corrected chi connectivity index (χ1v) is 5.06. The second-order valence-corrected chi connectivity index (χ2v) is 3.98. The Kier molecular flexibility index (Phi) is 8.05. The number of nitrogens with one attached hydrogen (secondary N) is 1. The molecule has 0 aliphatic rings. The van der Waals surface area contributed by atoms with E-state index in [1.807, 2.05) is 0 Å². The van der Waals surface area contributed by atoms with Gasteiger partial charge in [0.2, 0.25) is 0 Å². The Morgan fingerprint density at radius 1 is 1.31 bits per heavy atom. The quantitative estimate of drug-likeness (QED) is 0.462. The predicted molar refractivity (Wildman–Crippen MR) is 57.9 cm³/mol. The fraction of sp³-hybridized carbons (Fsp3) is 0.818. The third-order valence-corrected chi connectivity index (χ3v) is 1.68. The molecule has 0 bridgehead atoms. The summed E-state index contributed by atoms with van der Waals surface area (Å²) >= 11 is 0. The first-order chi connectivity index (χ1) is 6.16. The normalized spacial score (nSPS) is 13.2. The molecule has 0 amide bonds. The van der Waals surface area contributed by atoms with E-state index in [0.29, 0.717) is 12.5 Å². The van der Waals surface area contributed by atoms with E-state index in [-0.39, 0.29) is 0 Å². The molecule has 0 heterocycles. The topological polar surface area (TPSA) is 21.3 Å². The lowest BCUT2D eigenvalue weighted by Gasteiger charge is -2.13. The van der Waals surface area contributed by atoms with Gasteiger partial charge in [0.25, 0.3) is 0 Å². The van der Waals surface area contributed by atoms with E-state index < -0.39 is 0 Å². The molecule has 0 aromatic heterocycles. The summed E-state index contributed by atoms with van der Waals surface area (Å²) < 4.78 is 5.34. The van der Waals surface area contributed by atoms with E-state index >= 15 is 0 Å². The molecule has 1 atom stereocenters. The molecule has 2 nitrogen and oxygen atoms in total. The minimum absolute atomic E-state index is 0.582. The van der Waals surface area contributed by atoms with Gasteiger partial charge in [0.05, 0.1) is 13.2 Å². The highest BCUT2D eigenvalue weighted by molar-refractivity contribution is 4.65. The summed E-state index contributed by atoms with van der Waals surface area (Å²) in [5, 5.41) is 3.41. The average Bonchev–Trinajstić information content (AvgIpc) is 2.04. The van der Waals surface area contributed by atoms with Crippen molar-refractivity contribution in [1.82, 2.24) is 5.32 Å². The maximum Gasteiger partial charge on any atom is 0.0644 e. The van der Waals surface area contributed by atoms with Crippen LogP contribution in [-0.4, -0.2) is 26.3 Å². The molecule has 1 N–H and O–H groups in total. The molecule has 0 rings (SSSR count). The van der Waals surface area contributed by atoms with Crippen LogP contribution < -0.4 is 5.32 Å².